The summed E-state index contributed by atoms with van der Waals surface area (Å²) >= 11 is -2.67. The van der Waals surface area contributed by atoms with Crippen LogP contribution < -0.4 is 10.5 Å². The predicted octanol–water partition coefficient (Wildman–Crippen LogP) is 0.106. The normalized spacial score (nSPS) is 12.9. The molecule has 1 atom stereocenters. The Morgan fingerprint density at radius 2 is 2.00 bits per heavy atom. The molecule has 90 valence electrons. The predicted molar refractivity (Wildman–Crippen MR) is 62.2 cm³/mol. The molecule has 0 aromatic heterocycles. The molecule has 0 bridgehead atoms. The zero-order valence-corrected chi connectivity index (χ0v) is 9.31. The fourth-order valence-electron chi connectivity index (χ4n) is 0.905. The third kappa shape index (κ3) is 4.13. The maximum absolute atomic E-state index is 11.4. The average Bonchev–Trinajstić information content (AvgIpc) is 2.26. The van der Waals surface area contributed by atoms with Gasteiger partial charge in [0.2, 0.25) is 22.1 Å². The number of esters is 1. The van der Waals surface area contributed by atoms with Crippen LogP contribution >= 0.6 is 0 Å². The van der Waals surface area contributed by atoms with E-state index in [1.807, 2.05) is 0 Å². The lowest BCUT2D eigenvalue weighted by Crippen LogP contribution is -2.27. The number of guanidine groups is 1. The van der Waals surface area contributed by atoms with Crippen LogP contribution in [0.3, 0.4) is 0 Å². The maximum atomic E-state index is 11.4. The van der Waals surface area contributed by atoms with E-state index in [4.69, 9.17) is 20.4 Å². The zero-order valence-electron chi connectivity index (χ0n) is 8.49. The molecule has 8 heteroatoms. The summed E-state index contributed by atoms with van der Waals surface area (Å²) in [7, 11) is 0. The lowest BCUT2D eigenvalue weighted by Gasteiger charge is -2.03. The Hall–Kier alpha value is -2.06. The fourth-order valence-corrected chi connectivity index (χ4v) is 1.27. The van der Waals surface area contributed by atoms with Gasteiger partial charge in [-0.1, -0.05) is 18.2 Å². The van der Waals surface area contributed by atoms with Crippen molar-refractivity contribution in [2.75, 3.05) is 0 Å². The lowest BCUT2D eigenvalue weighted by molar-refractivity contribution is -0.126. The smallest absolute Gasteiger partial charge is 0.374 e. The van der Waals surface area contributed by atoms with Crippen LogP contribution in [0.5, 0.6) is 5.75 Å². The highest BCUT2D eigenvalue weighted by atomic mass is 32.2. The van der Waals surface area contributed by atoms with Crippen LogP contribution in [-0.4, -0.2) is 25.7 Å². The van der Waals surface area contributed by atoms with Crippen LogP contribution in [0.15, 0.2) is 35.3 Å². The van der Waals surface area contributed by atoms with Crippen molar-refractivity contribution in [3.8, 4) is 5.75 Å². The highest BCUT2D eigenvalue weighted by Gasteiger charge is 2.20. The Labute approximate surface area is 99.1 Å². The third-order valence-corrected chi connectivity index (χ3v) is 2.10. The van der Waals surface area contributed by atoms with Gasteiger partial charge in [0.25, 0.3) is 0 Å². The van der Waals surface area contributed by atoms with E-state index >= 15 is 0 Å². The molecule has 1 unspecified atom stereocenters. The largest absolute Gasteiger partial charge is 0.421 e. The number of para-hydroxylation sites is 1. The minimum atomic E-state index is -2.67. The second-order valence-corrected chi connectivity index (χ2v) is 3.64. The van der Waals surface area contributed by atoms with E-state index in [1.165, 1.54) is 12.1 Å². The van der Waals surface area contributed by atoms with Gasteiger partial charge in [-0.15, -0.1) is 0 Å². The molecule has 0 aliphatic rings. The lowest BCUT2D eigenvalue weighted by atomic mass is 10.3. The van der Waals surface area contributed by atoms with Crippen LogP contribution in [0, 0.1) is 5.41 Å². The van der Waals surface area contributed by atoms with Gasteiger partial charge >= 0.3 is 5.97 Å². The van der Waals surface area contributed by atoms with E-state index in [-0.39, 0.29) is 5.75 Å². The van der Waals surface area contributed by atoms with Gasteiger partial charge in [0.05, 0.1) is 0 Å². The summed E-state index contributed by atoms with van der Waals surface area (Å²) in [4.78, 5) is 14.6. The number of aliphatic imine (C=N–C) groups is 1. The standard InChI is InChI=1S/C9H9N3O4S/c10-9(11)12-7(17(14)15)8(13)16-6-4-2-1-3-5-6/h1-5H,(H3,10,11)(H,14,15). The van der Waals surface area contributed by atoms with Crippen molar-refractivity contribution >= 4 is 28.1 Å². The molecule has 7 nitrogen and oxygen atoms in total. The molecular formula is C9H9N3O4S. The Morgan fingerprint density at radius 3 is 2.47 bits per heavy atom. The summed E-state index contributed by atoms with van der Waals surface area (Å²) in [5.41, 5.74) is 4.90. The molecule has 4 N–H and O–H groups in total. The van der Waals surface area contributed by atoms with Gasteiger partial charge in [0, 0.05) is 0 Å². The van der Waals surface area contributed by atoms with Gasteiger partial charge in [0.1, 0.15) is 5.75 Å². The summed E-state index contributed by atoms with van der Waals surface area (Å²) in [6, 6.07) is 7.94. The summed E-state index contributed by atoms with van der Waals surface area (Å²) in [5, 5.41) is 6.00. The van der Waals surface area contributed by atoms with Crippen molar-refractivity contribution < 1.29 is 18.3 Å². The van der Waals surface area contributed by atoms with E-state index in [9.17, 15) is 9.00 Å². The Balaban J connectivity index is 2.88. The Bertz CT molecular complexity index is 486. The van der Waals surface area contributed by atoms with E-state index in [0.717, 1.165) is 0 Å². The molecule has 0 radical (unpaired) electrons. The van der Waals surface area contributed by atoms with E-state index < -0.39 is 28.1 Å². The molecule has 1 aromatic carbocycles. The monoisotopic (exact) mass is 255 g/mol. The van der Waals surface area contributed by atoms with Gasteiger partial charge in [-0.2, -0.15) is 4.99 Å². The van der Waals surface area contributed by atoms with Gasteiger partial charge < -0.3 is 15.0 Å². The number of hydrogen-bond donors (Lipinski definition) is 3. The summed E-state index contributed by atoms with van der Waals surface area (Å²) in [6.45, 7) is 0. The van der Waals surface area contributed by atoms with Gasteiger partial charge in [-0.25, -0.2) is 9.00 Å². The first kappa shape index (κ1) is 13.0. The van der Waals surface area contributed by atoms with Crippen molar-refractivity contribution in [2.24, 2.45) is 10.7 Å². The van der Waals surface area contributed by atoms with E-state index in [0.29, 0.717) is 0 Å². The summed E-state index contributed by atoms with van der Waals surface area (Å²) in [5.74, 6) is -1.70. The van der Waals surface area contributed by atoms with Gasteiger partial charge in [-0.05, 0) is 12.1 Å². The molecule has 0 saturated heterocycles. The molecule has 0 saturated carbocycles. The van der Waals surface area contributed by atoms with Crippen LogP contribution in [0.1, 0.15) is 0 Å². The molecule has 1 aromatic rings. The zero-order chi connectivity index (χ0) is 12.8. The highest BCUT2D eigenvalue weighted by molar-refractivity contribution is 7.97. The van der Waals surface area contributed by atoms with Gasteiger partial charge in [-0.3, -0.25) is 5.41 Å². The molecular weight excluding hydrogens is 246 g/mol. The first-order valence-corrected chi connectivity index (χ1v) is 5.42. The summed E-state index contributed by atoms with van der Waals surface area (Å²) < 4.78 is 24.4. The van der Waals surface area contributed by atoms with Gasteiger partial charge in [0.15, 0.2) is 0 Å². The molecule has 1 rings (SSSR count). The maximum Gasteiger partial charge on any atom is 0.374 e. The number of hydrogen-bond acceptors (Lipinski definition) is 4. The number of nitrogens with two attached hydrogens (primary N) is 1. The first-order chi connectivity index (χ1) is 8.00. The fraction of sp³-hybridized carbons (Fsp3) is 0. The topological polar surface area (TPSA) is 126 Å². The number of benzene rings is 1. The number of carbonyl (C=O) groups is 1. The second-order valence-electron chi connectivity index (χ2n) is 2.75. The highest BCUT2D eigenvalue weighted by Crippen LogP contribution is 2.09. The van der Waals surface area contributed by atoms with Crippen LogP contribution in [-0.2, 0) is 15.9 Å². The number of nitrogens with one attached hydrogen (secondary N) is 1. The third-order valence-electron chi connectivity index (χ3n) is 1.52. The molecule has 0 spiro atoms. The first-order valence-electron chi connectivity index (χ1n) is 4.31. The Morgan fingerprint density at radius 1 is 1.41 bits per heavy atom. The number of carbonyl (C=O) groups excluding carboxylic acids is 1. The molecule has 0 fully saturated rings. The minimum absolute atomic E-state index is 0.194. The molecule has 0 heterocycles. The van der Waals surface area contributed by atoms with Crippen molar-refractivity contribution in [3.63, 3.8) is 0 Å². The number of rotatable bonds is 1. The van der Waals surface area contributed by atoms with Crippen LogP contribution in [0.25, 0.3) is 0 Å². The van der Waals surface area contributed by atoms with Crippen LogP contribution in [0.2, 0.25) is 0 Å². The SMILES string of the molecule is N=C(N)N=C(C(=O)Oc1ccccc1)S(=O)O. The molecule has 0 amide bonds. The minimum Gasteiger partial charge on any atom is -0.421 e. The van der Waals surface area contributed by atoms with E-state index in [1.54, 1.807) is 18.2 Å². The van der Waals surface area contributed by atoms with Crippen LogP contribution in [0.4, 0.5) is 0 Å². The van der Waals surface area contributed by atoms with Crippen molar-refractivity contribution in [1.29, 1.82) is 5.41 Å². The number of nitrogens with zero attached hydrogens (tertiary/aromatic N) is 1. The van der Waals surface area contributed by atoms with Crippen molar-refractivity contribution in [3.05, 3.63) is 30.3 Å². The average molecular weight is 255 g/mol. The number of ether oxygens (including phenoxy) is 1. The van der Waals surface area contributed by atoms with Crippen molar-refractivity contribution in [1.82, 2.24) is 0 Å². The molecule has 0 aliphatic carbocycles. The van der Waals surface area contributed by atoms with E-state index in [2.05, 4.69) is 4.99 Å². The summed E-state index contributed by atoms with van der Waals surface area (Å²) in [6.07, 6.45) is 0. The second kappa shape index (κ2) is 5.87. The molecule has 0 aliphatic heterocycles. The Kier molecular flexibility index (Phi) is 4.49. The van der Waals surface area contributed by atoms with Crippen molar-refractivity contribution in [2.45, 2.75) is 0 Å². The molecule has 17 heavy (non-hydrogen) atoms. The quantitative estimate of drug-likeness (QED) is 0.216.